The third kappa shape index (κ3) is 2.02. The van der Waals surface area contributed by atoms with E-state index < -0.39 is 0 Å². The highest BCUT2D eigenvalue weighted by Crippen LogP contribution is 1.93. The molecular formula is C5H7N3OS. The van der Waals surface area contributed by atoms with E-state index in [1.54, 1.807) is 12.3 Å². The Hall–Kier alpha value is -1.10. The van der Waals surface area contributed by atoms with Crippen LogP contribution in [0, 0.1) is 0 Å². The number of thiocarbonyl (C=S) groups is 1. The second-order valence-electron chi connectivity index (χ2n) is 1.70. The number of hydrogen-bond acceptors (Lipinski definition) is 3. The Kier molecular flexibility index (Phi) is 2.22. The average molecular weight is 157 g/mol. The normalized spacial score (nSPS) is 9.20. The predicted molar refractivity (Wildman–Crippen MR) is 40.1 cm³/mol. The first-order valence-corrected chi connectivity index (χ1v) is 3.13. The van der Waals surface area contributed by atoms with Crippen LogP contribution in [0.25, 0.3) is 0 Å². The van der Waals surface area contributed by atoms with Gasteiger partial charge >= 0.3 is 0 Å². The van der Waals surface area contributed by atoms with Crippen molar-refractivity contribution in [2.24, 2.45) is 5.73 Å². The van der Waals surface area contributed by atoms with Crippen molar-refractivity contribution in [1.82, 2.24) is 10.5 Å². The maximum absolute atomic E-state index is 5.17. The Balaban J connectivity index is 2.35. The lowest BCUT2D eigenvalue weighted by molar-refractivity contribution is 0.380. The van der Waals surface area contributed by atoms with Crippen molar-refractivity contribution in [1.29, 1.82) is 0 Å². The quantitative estimate of drug-likeness (QED) is 0.592. The van der Waals surface area contributed by atoms with Crippen LogP contribution in [0.4, 0.5) is 0 Å². The molecule has 0 aliphatic carbocycles. The first kappa shape index (κ1) is 7.01. The zero-order valence-corrected chi connectivity index (χ0v) is 6.02. The average Bonchev–Trinajstić information content (AvgIpc) is 2.34. The van der Waals surface area contributed by atoms with Gasteiger partial charge in [-0.25, -0.2) is 0 Å². The lowest BCUT2D eigenvalue weighted by Gasteiger charge is -1.97. The van der Waals surface area contributed by atoms with Gasteiger partial charge in [0.05, 0.1) is 12.7 Å². The molecule has 0 saturated heterocycles. The monoisotopic (exact) mass is 157 g/mol. The number of rotatable bonds is 2. The minimum Gasteiger partial charge on any atom is -0.376 e. The largest absolute Gasteiger partial charge is 0.376 e. The summed E-state index contributed by atoms with van der Waals surface area (Å²) in [6.45, 7) is 0.495. The van der Waals surface area contributed by atoms with E-state index in [1.807, 2.05) is 0 Å². The van der Waals surface area contributed by atoms with Gasteiger partial charge < -0.3 is 15.6 Å². The lowest BCUT2D eigenvalue weighted by Crippen LogP contribution is -2.28. The van der Waals surface area contributed by atoms with Crippen molar-refractivity contribution >= 4 is 17.3 Å². The number of hydrogen-bond donors (Lipinski definition) is 2. The smallest absolute Gasteiger partial charge is 0.164 e. The molecule has 0 bridgehead atoms. The molecular weight excluding hydrogens is 150 g/mol. The summed E-state index contributed by atoms with van der Waals surface area (Å²) in [5.41, 5.74) is 5.17. The van der Waals surface area contributed by atoms with E-state index in [9.17, 15) is 0 Å². The van der Waals surface area contributed by atoms with Gasteiger partial charge in [0.25, 0.3) is 0 Å². The van der Waals surface area contributed by atoms with Crippen LogP contribution in [0.15, 0.2) is 16.8 Å². The van der Waals surface area contributed by atoms with Crippen molar-refractivity contribution in [3.63, 3.8) is 0 Å². The van der Waals surface area contributed by atoms with Gasteiger partial charge in [0.2, 0.25) is 0 Å². The van der Waals surface area contributed by atoms with E-state index in [1.165, 1.54) is 0 Å². The zero-order chi connectivity index (χ0) is 7.40. The van der Waals surface area contributed by atoms with Crippen LogP contribution in [-0.4, -0.2) is 10.3 Å². The topological polar surface area (TPSA) is 64.1 Å². The molecule has 1 aromatic rings. The van der Waals surface area contributed by atoms with Crippen LogP contribution in [-0.2, 0) is 6.54 Å². The van der Waals surface area contributed by atoms with E-state index in [4.69, 9.17) is 10.3 Å². The van der Waals surface area contributed by atoms with Crippen LogP contribution in [0.2, 0.25) is 0 Å². The molecule has 1 heterocycles. The minimum absolute atomic E-state index is 0.261. The summed E-state index contributed by atoms with van der Waals surface area (Å²) >= 11 is 4.57. The summed E-state index contributed by atoms with van der Waals surface area (Å²) in [6, 6.07) is 1.74. The Morgan fingerprint density at radius 1 is 1.90 bits per heavy atom. The molecule has 0 fully saturated rings. The molecule has 0 radical (unpaired) electrons. The fourth-order valence-electron chi connectivity index (χ4n) is 0.508. The van der Waals surface area contributed by atoms with Crippen molar-refractivity contribution in [3.05, 3.63) is 18.0 Å². The second-order valence-corrected chi connectivity index (χ2v) is 2.14. The van der Waals surface area contributed by atoms with Gasteiger partial charge in [-0.2, -0.15) is 0 Å². The number of aromatic nitrogens is 1. The van der Waals surface area contributed by atoms with E-state index in [-0.39, 0.29) is 5.11 Å². The van der Waals surface area contributed by atoms with Crippen molar-refractivity contribution < 1.29 is 4.52 Å². The van der Waals surface area contributed by atoms with Gasteiger partial charge in [0, 0.05) is 6.07 Å². The number of nitrogens with two attached hydrogens (primary N) is 1. The van der Waals surface area contributed by atoms with Crippen LogP contribution in [0.1, 0.15) is 5.76 Å². The summed E-state index contributed by atoms with van der Waals surface area (Å²) in [7, 11) is 0. The zero-order valence-electron chi connectivity index (χ0n) is 5.20. The highest BCUT2D eigenvalue weighted by Gasteiger charge is 1.94. The SMILES string of the molecule is NC(=S)NCc1ccno1. The summed E-state index contributed by atoms with van der Waals surface area (Å²) in [5.74, 6) is 0.716. The predicted octanol–water partition coefficient (Wildman–Crippen LogP) is 0.00780. The first-order valence-electron chi connectivity index (χ1n) is 2.72. The molecule has 0 spiro atoms. The third-order valence-corrected chi connectivity index (χ3v) is 1.07. The molecule has 0 aliphatic rings. The molecule has 0 aliphatic heterocycles. The van der Waals surface area contributed by atoms with Gasteiger partial charge in [0.1, 0.15) is 0 Å². The maximum Gasteiger partial charge on any atom is 0.164 e. The molecule has 0 aromatic carbocycles. The second kappa shape index (κ2) is 3.17. The van der Waals surface area contributed by atoms with Crippen molar-refractivity contribution in [3.8, 4) is 0 Å². The van der Waals surface area contributed by atoms with Gasteiger partial charge in [-0.15, -0.1) is 0 Å². The number of nitrogens with zero attached hydrogens (tertiary/aromatic N) is 1. The Labute approximate surface area is 63.4 Å². The van der Waals surface area contributed by atoms with Crippen molar-refractivity contribution in [2.45, 2.75) is 6.54 Å². The summed E-state index contributed by atoms with van der Waals surface area (Å²) in [4.78, 5) is 0. The van der Waals surface area contributed by atoms with E-state index in [0.717, 1.165) is 0 Å². The standard InChI is InChI=1S/C5H7N3OS/c6-5(10)7-3-4-1-2-8-9-4/h1-2H,3H2,(H3,6,7,10). The Bertz CT molecular complexity index is 209. The Morgan fingerprint density at radius 3 is 3.20 bits per heavy atom. The van der Waals surface area contributed by atoms with Gasteiger partial charge in [-0.3, -0.25) is 0 Å². The lowest BCUT2D eigenvalue weighted by atomic mass is 10.5. The van der Waals surface area contributed by atoms with E-state index >= 15 is 0 Å². The molecule has 54 valence electrons. The van der Waals surface area contributed by atoms with Gasteiger partial charge in [-0.1, -0.05) is 5.16 Å². The molecule has 4 nitrogen and oxygen atoms in total. The summed E-state index contributed by atoms with van der Waals surface area (Å²) < 4.78 is 4.76. The maximum atomic E-state index is 5.17. The van der Waals surface area contributed by atoms with Crippen molar-refractivity contribution in [2.75, 3.05) is 0 Å². The fraction of sp³-hybridized carbons (Fsp3) is 0.200. The third-order valence-electron chi connectivity index (χ3n) is 0.928. The molecule has 0 unspecified atom stereocenters. The molecule has 1 aromatic heterocycles. The van der Waals surface area contributed by atoms with E-state index in [0.29, 0.717) is 12.3 Å². The summed E-state index contributed by atoms with van der Waals surface area (Å²) in [6.07, 6.45) is 1.57. The van der Waals surface area contributed by atoms with Crippen LogP contribution < -0.4 is 11.1 Å². The minimum atomic E-state index is 0.261. The molecule has 1 rings (SSSR count). The fourth-order valence-corrected chi connectivity index (χ4v) is 0.580. The summed E-state index contributed by atoms with van der Waals surface area (Å²) in [5, 5.41) is 6.48. The van der Waals surface area contributed by atoms with Gasteiger partial charge in [-0.05, 0) is 12.2 Å². The highest BCUT2D eigenvalue weighted by atomic mass is 32.1. The molecule has 0 amide bonds. The van der Waals surface area contributed by atoms with Gasteiger partial charge in [0.15, 0.2) is 10.9 Å². The molecule has 10 heavy (non-hydrogen) atoms. The molecule has 0 atom stereocenters. The molecule has 3 N–H and O–H groups in total. The first-order chi connectivity index (χ1) is 4.79. The van der Waals surface area contributed by atoms with Crippen LogP contribution in [0.3, 0.4) is 0 Å². The van der Waals surface area contributed by atoms with Crippen LogP contribution in [0.5, 0.6) is 0 Å². The number of nitrogens with one attached hydrogen (secondary N) is 1. The Morgan fingerprint density at radius 2 is 2.70 bits per heavy atom. The van der Waals surface area contributed by atoms with E-state index in [2.05, 4.69) is 22.7 Å². The molecule has 5 heteroatoms. The highest BCUT2D eigenvalue weighted by molar-refractivity contribution is 7.80. The van der Waals surface area contributed by atoms with Crippen LogP contribution >= 0.6 is 12.2 Å². The molecule has 0 saturated carbocycles.